The zero-order valence-corrected chi connectivity index (χ0v) is 21.4. The summed E-state index contributed by atoms with van der Waals surface area (Å²) in [6.45, 7) is 5.30. The number of pyridine rings is 1. The van der Waals surface area contributed by atoms with Crippen molar-refractivity contribution in [2.75, 3.05) is 6.61 Å². The van der Waals surface area contributed by atoms with Crippen LogP contribution in [-0.4, -0.2) is 11.6 Å². The van der Waals surface area contributed by atoms with Crippen molar-refractivity contribution < 1.29 is 4.74 Å². The monoisotopic (exact) mass is 449 g/mol. The van der Waals surface area contributed by atoms with E-state index in [4.69, 9.17) is 4.74 Å². The largest absolute Gasteiger partial charge is 0.492 e. The van der Waals surface area contributed by atoms with Gasteiger partial charge < -0.3 is 4.74 Å². The van der Waals surface area contributed by atoms with Gasteiger partial charge in [-0.15, -0.1) is 0 Å². The number of aryl methyl sites for hydroxylation is 1. The minimum absolute atomic E-state index is 0.782. The summed E-state index contributed by atoms with van der Waals surface area (Å²) in [5.41, 5.74) is 3.68. The molecule has 3 rings (SSSR count). The summed E-state index contributed by atoms with van der Waals surface area (Å²) in [4.78, 5) is 4.61. The highest BCUT2D eigenvalue weighted by molar-refractivity contribution is 5.59. The first kappa shape index (κ1) is 25.8. The van der Waals surface area contributed by atoms with Gasteiger partial charge in [0, 0.05) is 5.56 Å². The van der Waals surface area contributed by atoms with Crippen LogP contribution >= 0.6 is 0 Å². The first-order valence-corrected chi connectivity index (χ1v) is 14.0. The number of hydrogen-bond acceptors (Lipinski definition) is 2. The molecule has 0 bridgehead atoms. The van der Waals surface area contributed by atoms with Crippen LogP contribution in [-0.2, 0) is 6.42 Å². The van der Waals surface area contributed by atoms with E-state index in [2.05, 4.69) is 49.2 Å². The van der Waals surface area contributed by atoms with Gasteiger partial charge in [0.05, 0.1) is 18.5 Å². The molecule has 1 aliphatic rings. The number of ether oxygens (including phenoxy) is 1. The molecule has 1 aromatic heterocycles. The van der Waals surface area contributed by atoms with Crippen molar-refractivity contribution in [3.05, 3.63) is 48.2 Å². The van der Waals surface area contributed by atoms with Gasteiger partial charge in [0.1, 0.15) is 5.75 Å². The Bertz CT molecular complexity index is 743. The van der Waals surface area contributed by atoms with Gasteiger partial charge in [0.15, 0.2) is 0 Å². The van der Waals surface area contributed by atoms with E-state index in [0.717, 1.165) is 36.3 Å². The number of hydrogen-bond donors (Lipinski definition) is 0. The molecule has 2 nitrogen and oxygen atoms in total. The van der Waals surface area contributed by atoms with Crippen LogP contribution < -0.4 is 4.74 Å². The molecule has 2 heteroatoms. The maximum absolute atomic E-state index is 5.78. The molecule has 0 saturated heterocycles. The normalized spacial score (nSPS) is 18.4. The lowest BCUT2D eigenvalue weighted by Gasteiger charge is -2.28. The van der Waals surface area contributed by atoms with E-state index < -0.39 is 0 Å². The molecule has 0 unspecified atom stereocenters. The molecular formula is C31H47NO. The second-order valence-corrected chi connectivity index (χ2v) is 10.3. The molecule has 1 heterocycles. The molecule has 0 aliphatic heterocycles. The summed E-state index contributed by atoms with van der Waals surface area (Å²) < 4.78 is 5.78. The molecule has 0 N–H and O–H groups in total. The van der Waals surface area contributed by atoms with Crippen LogP contribution in [0.5, 0.6) is 5.75 Å². The van der Waals surface area contributed by atoms with Crippen LogP contribution in [0.3, 0.4) is 0 Å². The SMILES string of the molecule is CCCCCCC[C@H]1CC[C@H](CCc2ccc(-c3ccc(OCCCCC)cn3)cc2)CC1. The lowest BCUT2D eigenvalue weighted by atomic mass is 9.77. The van der Waals surface area contributed by atoms with E-state index in [9.17, 15) is 0 Å². The minimum Gasteiger partial charge on any atom is -0.492 e. The molecule has 1 fully saturated rings. The number of nitrogens with zero attached hydrogens (tertiary/aromatic N) is 1. The number of rotatable bonds is 15. The molecule has 1 aromatic carbocycles. The highest BCUT2D eigenvalue weighted by Crippen LogP contribution is 2.34. The Morgan fingerprint density at radius 1 is 0.727 bits per heavy atom. The highest BCUT2D eigenvalue weighted by atomic mass is 16.5. The second kappa shape index (κ2) is 15.1. The Labute approximate surface area is 203 Å². The average molecular weight is 450 g/mol. The molecular weight excluding hydrogens is 402 g/mol. The Balaban J connectivity index is 1.35. The fourth-order valence-electron chi connectivity index (χ4n) is 5.24. The van der Waals surface area contributed by atoms with Crippen molar-refractivity contribution in [2.24, 2.45) is 11.8 Å². The molecule has 1 aliphatic carbocycles. The number of benzene rings is 1. The van der Waals surface area contributed by atoms with Crippen molar-refractivity contribution >= 4 is 0 Å². The van der Waals surface area contributed by atoms with Crippen molar-refractivity contribution in [2.45, 2.75) is 110 Å². The van der Waals surface area contributed by atoms with E-state index in [-0.39, 0.29) is 0 Å². The Hall–Kier alpha value is -1.83. The molecule has 0 spiro atoms. The van der Waals surface area contributed by atoms with Crippen LogP contribution in [0.15, 0.2) is 42.6 Å². The zero-order valence-electron chi connectivity index (χ0n) is 21.4. The van der Waals surface area contributed by atoms with E-state index in [1.165, 1.54) is 101 Å². The molecule has 0 radical (unpaired) electrons. The van der Waals surface area contributed by atoms with Crippen molar-refractivity contribution in [1.29, 1.82) is 0 Å². The quantitative estimate of drug-likeness (QED) is 0.253. The van der Waals surface area contributed by atoms with E-state index in [1.54, 1.807) is 0 Å². The zero-order chi connectivity index (χ0) is 23.1. The Kier molecular flexibility index (Phi) is 11.8. The van der Waals surface area contributed by atoms with Gasteiger partial charge in [0.25, 0.3) is 0 Å². The van der Waals surface area contributed by atoms with Crippen LogP contribution in [0.25, 0.3) is 11.3 Å². The van der Waals surface area contributed by atoms with Gasteiger partial charge in [0.2, 0.25) is 0 Å². The molecule has 182 valence electrons. The first-order valence-electron chi connectivity index (χ1n) is 14.0. The van der Waals surface area contributed by atoms with Gasteiger partial charge in [-0.1, -0.05) is 115 Å². The summed E-state index contributed by atoms with van der Waals surface area (Å²) in [5, 5.41) is 0. The van der Waals surface area contributed by atoms with Gasteiger partial charge >= 0.3 is 0 Å². The van der Waals surface area contributed by atoms with Crippen molar-refractivity contribution in [3.8, 4) is 17.0 Å². The minimum atomic E-state index is 0.782. The maximum atomic E-state index is 5.78. The number of aromatic nitrogens is 1. The lowest BCUT2D eigenvalue weighted by molar-refractivity contribution is 0.248. The third-order valence-corrected chi connectivity index (χ3v) is 7.53. The van der Waals surface area contributed by atoms with Gasteiger partial charge in [-0.3, -0.25) is 4.98 Å². The van der Waals surface area contributed by atoms with Crippen LogP contribution in [0.1, 0.15) is 109 Å². The van der Waals surface area contributed by atoms with Gasteiger partial charge in [-0.2, -0.15) is 0 Å². The van der Waals surface area contributed by atoms with E-state index >= 15 is 0 Å². The summed E-state index contributed by atoms with van der Waals surface area (Å²) in [6.07, 6.45) is 22.4. The standard InChI is InChI=1S/C31H47NO/c1-3-5-7-8-9-11-26-12-14-27(15-13-26)16-17-28-18-20-29(21-19-28)31-23-22-30(25-32-31)33-24-10-6-4-2/h18-23,25-27H,3-17,24H2,1-2H3/t26-,27-. The average Bonchev–Trinajstić information content (AvgIpc) is 2.87. The van der Waals surface area contributed by atoms with E-state index in [0.29, 0.717) is 0 Å². The molecule has 2 aromatic rings. The summed E-state index contributed by atoms with van der Waals surface area (Å²) in [6, 6.07) is 13.2. The number of unbranched alkanes of at least 4 members (excludes halogenated alkanes) is 6. The molecule has 1 saturated carbocycles. The predicted octanol–water partition coefficient (Wildman–Crippen LogP) is 9.42. The summed E-state index contributed by atoms with van der Waals surface area (Å²) >= 11 is 0. The predicted molar refractivity (Wildman–Crippen MR) is 142 cm³/mol. The third-order valence-electron chi connectivity index (χ3n) is 7.53. The van der Waals surface area contributed by atoms with Crippen molar-refractivity contribution in [1.82, 2.24) is 4.98 Å². The lowest BCUT2D eigenvalue weighted by Crippen LogP contribution is -2.15. The first-order chi connectivity index (χ1) is 16.3. The topological polar surface area (TPSA) is 22.1 Å². The fraction of sp³-hybridized carbons (Fsp3) is 0.645. The smallest absolute Gasteiger partial charge is 0.137 e. The van der Waals surface area contributed by atoms with Crippen LogP contribution in [0.2, 0.25) is 0 Å². The highest BCUT2D eigenvalue weighted by Gasteiger charge is 2.20. The Morgan fingerprint density at radius 3 is 2.06 bits per heavy atom. The van der Waals surface area contributed by atoms with Gasteiger partial charge in [-0.25, -0.2) is 0 Å². The Morgan fingerprint density at radius 2 is 1.39 bits per heavy atom. The van der Waals surface area contributed by atoms with Crippen molar-refractivity contribution in [3.63, 3.8) is 0 Å². The van der Waals surface area contributed by atoms with Crippen LogP contribution in [0, 0.1) is 11.8 Å². The fourth-order valence-corrected chi connectivity index (χ4v) is 5.24. The molecule has 0 atom stereocenters. The van der Waals surface area contributed by atoms with Crippen LogP contribution in [0.4, 0.5) is 0 Å². The molecule has 0 amide bonds. The maximum Gasteiger partial charge on any atom is 0.137 e. The third kappa shape index (κ3) is 9.51. The second-order valence-electron chi connectivity index (χ2n) is 10.3. The van der Waals surface area contributed by atoms with Gasteiger partial charge in [-0.05, 0) is 48.8 Å². The summed E-state index contributed by atoms with van der Waals surface area (Å²) in [5.74, 6) is 2.83. The van der Waals surface area contributed by atoms with E-state index in [1.807, 2.05) is 12.3 Å². The summed E-state index contributed by atoms with van der Waals surface area (Å²) in [7, 11) is 0. The molecule has 33 heavy (non-hydrogen) atoms.